The second-order valence-electron chi connectivity index (χ2n) is 7.56. The van der Waals surface area contributed by atoms with Gasteiger partial charge in [-0.1, -0.05) is 18.2 Å². The molecule has 0 saturated heterocycles. The molecule has 4 aromatic rings. The van der Waals surface area contributed by atoms with Crippen molar-refractivity contribution in [2.24, 2.45) is 0 Å². The summed E-state index contributed by atoms with van der Waals surface area (Å²) in [5.74, 6) is -2.57. The normalized spacial score (nSPS) is 11.6. The van der Waals surface area contributed by atoms with Crippen LogP contribution in [0.15, 0.2) is 54.7 Å². The fourth-order valence-corrected chi connectivity index (χ4v) is 3.33. The van der Waals surface area contributed by atoms with Crippen molar-refractivity contribution in [2.45, 2.75) is 13.0 Å². The van der Waals surface area contributed by atoms with Crippen LogP contribution in [0.1, 0.15) is 6.92 Å². The van der Waals surface area contributed by atoms with Gasteiger partial charge in [0.15, 0.2) is 17.5 Å². The van der Waals surface area contributed by atoms with E-state index in [1.165, 1.54) is 32.4 Å². The molecule has 2 aromatic heterocycles. The van der Waals surface area contributed by atoms with Gasteiger partial charge in [-0.15, -0.1) is 5.10 Å². The first-order chi connectivity index (χ1) is 17.3. The van der Waals surface area contributed by atoms with E-state index < -0.39 is 29.7 Å². The van der Waals surface area contributed by atoms with Gasteiger partial charge >= 0.3 is 12.0 Å². The Morgan fingerprint density at radius 2 is 1.86 bits per heavy atom. The Balaban J connectivity index is 1.58. The lowest BCUT2D eigenvalue weighted by molar-refractivity contribution is -0.142. The number of rotatable bonds is 6. The minimum Gasteiger partial charge on any atom is -0.467 e. The fourth-order valence-electron chi connectivity index (χ4n) is 3.33. The van der Waals surface area contributed by atoms with Crippen LogP contribution in [-0.2, 0) is 9.53 Å². The Morgan fingerprint density at radius 3 is 2.58 bits per heavy atom. The van der Waals surface area contributed by atoms with Gasteiger partial charge in [-0.05, 0) is 53.2 Å². The summed E-state index contributed by atoms with van der Waals surface area (Å²) in [6, 6.07) is 10.7. The molecule has 0 aliphatic heterocycles. The number of hydrogen-bond acceptors (Lipinski definition) is 8. The van der Waals surface area contributed by atoms with E-state index in [1.807, 2.05) is 0 Å². The van der Waals surface area contributed by atoms with Gasteiger partial charge in [-0.3, -0.25) is 0 Å². The van der Waals surface area contributed by atoms with Crippen LogP contribution in [0.3, 0.4) is 0 Å². The molecule has 0 saturated carbocycles. The number of esters is 1. The van der Waals surface area contributed by atoms with Crippen molar-refractivity contribution >= 4 is 23.5 Å². The van der Waals surface area contributed by atoms with E-state index in [4.69, 9.17) is 5.73 Å². The molecule has 4 N–H and O–H groups in total. The molecule has 184 valence electrons. The van der Waals surface area contributed by atoms with Crippen LogP contribution in [0.25, 0.3) is 28.2 Å². The average molecular weight is 494 g/mol. The highest BCUT2D eigenvalue weighted by atomic mass is 19.2. The second-order valence-corrected chi connectivity index (χ2v) is 7.56. The van der Waals surface area contributed by atoms with Gasteiger partial charge in [0, 0.05) is 17.4 Å². The highest BCUT2D eigenvalue weighted by Crippen LogP contribution is 2.30. The Bertz CT molecular complexity index is 1430. The third-order valence-corrected chi connectivity index (χ3v) is 5.17. The van der Waals surface area contributed by atoms with Crippen molar-refractivity contribution in [3.8, 4) is 28.2 Å². The number of nitrogens with two attached hydrogens (primary N) is 1. The quantitative estimate of drug-likeness (QED) is 0.346. The van der Waals surface area contributed by atoms with E-state index in [2.05, 4.69) is 35.9 Å². The summed E-state index contributed by atoms with van der Waals surface area (Å²) in [6.07, 6.45) is 1.53. The predicted molar refractivity (Wildman–Crippen MR) is 126 cm³/mol. The number of amides is 2. The Labute approximate surface area is 203 Å². The van der Waals surface area contributed by atoms with E-state index in [0.29, 0.717) is 22.4 Å². The Kier molecular flexibility index (Phi) is 6.81. The number of carbonyl (C=O) groups is 2. The molecule has 2 aromatic carbocycles. The average Bonchev–Trinajstić information content (AvgIpc) is 3.35. The van der Waals surface area contributed by atoms with Crippen molar-refractivity contribution in [2.75, 3.05) is 18.2 Å². The maximum atomic E-state index is 14.4. The molecule has 0 spiro atoms. The number of benzene rings is 2. The van der Waals surface area contributed by atoms with Crippen LogP contribution in [-0.4, -0.2) is 50.3 Å². The van der Waals surface area contributed by atoms with Gasteiger partial charge in [-0.25, -0.2) is 23.4 Å². The van der Waals surface area contributed by atoms with Crippen molar-refractivity contribution < 1.29 is 23.1 Å². The smallest absolute Gasteiger partial charge is 0.328 e. The molecule has 2 heterocycles. The van der Waals surface area contributed by atoms with E-state index in [-0.39, 0.29) is 17.3 Å². The molecular formula is C23H20F2N8O3. The number of hydrogen-bond donors (Lipinski definition) is 3. The Morgan fingerprint density at radius 1 is 1.11 bits per heavy atom. The van der Waals surface area contributed by atoms with Crippen molar-refractivity contribution in [3.05, 3.63) is 66.4 Å². The first kappa shape index (κ1) is 24.2. The van der Waals surface area contributed by atoms with Crippen LogP contribution >= 0.6 is 0 Å². The van der Waals surface area contributed by atoms with E-state index >= 15 is 0 Å². The molecule has 0 aliphatic carbocycles. The zero-order chi connectivity index (χ0) is 25.8. The van der Waals surface area contributed by atoms with Gasteiger partial charge in [0.1, 0.15) is 17.5 Å². The first-order valence-electron chi connectivity index (χ1n) is 10.5. The third kappa shape index (κ3) is 4.94. The van der Waals surface area contributed by atoms with Crippen molar-refractivity contribution in [1.29, 1.82) is 0 Å². The lowest BCUT2D eigenvalue weighted by atomic mass is 10.0. The molecular weight excluding hydrogens is 474 g/mol. The maximum Gasteiger partial charge on any atom is 0.328 e. The van der Waals surface area contributed by atoms with Gasteiger partial charge in [0.25, 0.3) is 0 Å². The number of aromatic nitrogens is 5. The topological polar surface area (TPSA) is 150 Å². The zero-order valence-corrected chi connectivity index (χ0v) is 19.1. The summed E-state index contributed by atoms with van der Waals surface area (Å²) < 4.78 is 33.7. The third-order valence-electron chi connectivity index (χ3n) is 5.17. The van der Waals surface area contributed by atoms with E-state index in [9.17, 15) is 18.4 Å². The summed E-state index contributed by atoms with van der Waals surface area (Å²) in [7, 11) is 1.23. The standard InChI is InChI=1S/C23H20F2N8O3/c1-12(22(34)36-2)28-23(35)29-15-8-6-13(7-9-15)14-10-16(20(26)27-11-14)21-30-31-32-33(21)18-5-3-4-17(24)19(18)25/h3-12H,1-2H3,(H2,26,27)(H2,28,29,35). The molecule has 0 aliphatic rings. The molecule has 1 atom stereocenters. The number of anilines is 2. The number of methoxy groups -OCH3 is 1. The molecule has 36 heavy (non-hydrogen) atoms. The number of nitrogens with one attached hydrogen (secondary N) is 2. The number of tetrazole rings is 1. The second kappa shape index (κ2) is 10.1. The van der Waals surface area contributed by atoms with Crippen LogP contribution in [0.2, 0.25) is 0 Å². The molecule has 0 radical (unpaired) electrons. The SMILES string of the molecule is COC(=O)C(C)NC(=O)Nc1ccc(-c2cnc(N)c(-c3nnnn3-c3cccc(F)c3F)c2)cc1. The highest BCUT2D eigenvalue weighted by Gasteiger charge is 2.20. The lowest BCUT2D eigenvalue weighted by Gasteiger charge is -2.13. The lowest BCUT2D eigenvalue weighted by Crippen LogP contribution is -2.41. The molecule has 0 fully saturated rings. The van der Waals surface area contributed by atoms with Crippen LogP contribution in [0, 0.1) is 11.6 Å². The first-order valence-corrected chi connectivity index (χ1v) is 10.5. The zero-order valence-electron chi connectivity index (χ0n) is 19.1. The van der Waals surface area contributed by atoms with E-state index in [1.54, 1.807) is 30.3 Å². The predicted octanol–water partition coefficient (Wildman–Crippen LogP) is 2.93. The maximum absolute atomic E-state index is 14.4. The fraction of sp³-hybridized carbons (Fsp3) is 0.130. The van der Waals surface area contributed by atoms with Crippen LogP contribution in [0.5, 0.6) is 0 Å². The number of nitrogen functional groups attached to an aromatic ring is 1. The van der Waals surface area contributed by atoms with Gasteiger partial charge in [-0.2, -0.15) is 4.68 Å². The van der Waals surface area contributed by atoms with Gasteiger partial charge in [0.2, 0.25) is 0 Å². The molecule has 1 unspecified atom stereocenters. The number of urea groups is 1. The molecule has 4 rings (SSSR count). The monoisotopic (exact) mass is 494 g/mol. The van der Waals surface area contributed by atoms with Crippen molar-refractivity contribution in [1.82, 2.24) is 30.5 Å². The molecule has 0 bridgehead atoms. The van der Waals surface area contributed by atoms with Gasteiger partial charge < -0.3 is 21.1 Å². The highest BCUT2D eigenvalue weighted by molar-refractivity contribution is 5.92. The summed E-state index contributed by atoms with van der Waals surface area (Å²) in [4.78, 5) is 27.7. The van der Waals surface area contributed by atoms with E-state index in [0.717, 1.165) is 10.7 Å². The minimum absolute atomic E-state index is 0.0704. The molecule has 11 nitrogen and oxygen atoms in total. The number of ether oxygens (including phenoxy) is 1. The summed E-state index contributed by atoms with van der Waals surface area (Å²) >= 11 is 0. The van der Waals surface area contributed by atoms with Crippen LogP contribution < -0.4 is 16.4 Å². The molecule has 13 heteroatoms. The van der Waals surface area contributed by atoms with Crippen LogP contribution in [0.4, 0.5) is 25.1 Å². The summed E-state index contributed by atoms with van der Waals surface area (Å²) in [5, 5.41) is 16.4. The Hall–Kier alpha value is -4.94. The summed E-state index contributed by atoms with van der Waals surface area (Å²) in [6.45, 7) is 1.50. The minimum atomic E-state index is -1.11. The number of pyridine rings is 1. The summed E-state index contributed by atoms with van der Waals surface area (Å²) in [5.41, 5.74) is 7.99. The number of nitrogens with zero attached hydrogens (tertiary/aromatic N) is 5. The number of halogens is 2. The van der Waals surface area contributed by atoms with Gasteiger partial charge in [0.05, 0.1) is 12.7 Å². The largest absolute Gasteiger partial charge is 0.467 e. The molecule has 2 amide bonds. The van der Waals surface area contributed by atoms with Crippen molar-refractivity contribution in [3.63, 3.8) is 0 Å². The number of carbonyl (C=O) groups excluding carboxylic acids is 2.